The maximum atomic E-state index is 11.4. The molecule has 0 saturated heterocycles. The van der Waals surface area contributed by atoms with Crippen LogP contribution >= 0.6 is 11.6 Å². The van der Waals surface area contributed by atoms with Gasteiger partial charge in [0.05, 0.1) is 4.90 Å². The second-order valence-corrected chi connectivity index (χ2v) is 5.77. The van der Waals surface area contributed by atoms with Crippen molar-refractivity contribution in [3.05, 3.63) is 28.8 Å². The van der Waals surface area contributed by atoms with Crippen LogP contribution in [0.25, 0.3) is 0 Å². The van der Waals surface area contributed by atoms with Gasteiger partial charge in [0.2, 0.25) is 0 Å². The van der Waals surface area contributed by atoms with Crippen LogP contribution in [0.1, 0.15) is 12.0 Å². The van der Waals surface area contributed by atoms with Crippen molar-refractivity contribution in [2.24, 2.45) is 0 Å². The highest BCUT2D eigenvalue weighted by atomic mass is 35.5. The normalized spacial score (nSPS) is 11.7. The number of rotatable bonds is 4. The molecule has 1 aromatic carbocycles. The number of sulfone groups is 1. The van der Waals surface area contributed by atoms with Gasteiger partial charge in [0.15, 0.2) is 9.84 Å². The Hall–Kier alpha value is -0.580. The standard InChI is InChI=1S/C10H13ClO3S/c1-15(13,14)10-5-4-9(11)7-8(10)3-2-6-12/h4-5,7,12H,2-3,6H2,1H3. The van der Waals surface area contributed by atoms with Crippen molar-refractivity contribution < 1.29 is 13.5 Å². The summed E-state index contributed by atoms with van der Waals surface area (Å²) in [6.07, 6.45) is 2.21. The van der Waals surface area contributed by atoms with E-state index < -0.39 is 9.84 Å². The van der Waals surface area contributed by atoms with Gasteiger partial charge in [-0.15, -0.1) is 0 Å². The monoisotopic (exact) mass is 248 g/mol. The Labute approximate surface area is 94.6 Å². The van der Waals surface area contributed by atoms with Crippen LogP contribution < -0.4 is 0 Å². The summed E-state index contributed by atoms with van der Waals surface area (Å²) in [6, 6.07) is 4.69. The molecule has 0 aromatic heterocycles. The van der Waals surface area contributed by atoms with E-state index >= 15 is 0 Å². The summed E-state index contributed by atoms with van der Waals surface area (Å²) in [7, 11) is -3.22. The Kier molecular flexibility index (Phi) is 4.13. The Morgan fingerprint density at radius 1 is 1.40 bits per heavy atom. The largest absolute Gasteiger partial charge is 0.396 e. The van der Waals surface area contributed by atoms with Crippen LogP contribution in [-0.4, -0.2) is 26.4 Å². The highest BCUT2D eigenvalue weighted by molar-refractivity contribution is 7.90. The Morgan fingerprint density at radius 3 is 2.60 bits per heavy atom. The third kappa shape index (κ3) is 3.48. The van der Waals surface area contributed by atoms with Crippen LogP contribution in [0.4, 0.5) is 0 Å². The molecule has 0 aliphatic rings. The maximum Gasteiger partial charge on any atom is 0.175 e. The third-order valence-electron chi connectivity index (χ3n) is 2.03. The summed E-state index contributed by atoms with van der Waals surface area (Å²) >= 11 is 5.79. The van der Waals surface area contributed by atoms with E-state index in [1.165, 1.54) is 12.3 Å². The van der Waals surface area contributed by atoms with E-state index in [0.29, 0.717) is 28.3 Å². The number of benzene rings is 1. The molecule has 1 rings (SSSR count). The molecule has 0 unspecified atom stereocenters. The van der Waals surface area contributed by atoms with E-state index in [9.17, 15) is 8.42 Å². The topological polar surface area (TPSA) is 54.4 Å². The number of hydrogen-bond acceptors (Lipinski definition) is 3. The maximum absolute atomic E-state index is 11.4. The summed E-state index contributed by atoms with van der Waals surface area (Å²) in [5.41, 5.74) is 0.666. The summed E-state index contributed by atoms with van der Waals surface area (Å²) in [6.45, 7) is 0.0374. The van der Waals surface area contributed by atoms with Crippen molar-refractivity contribution in [3.8, 4) is 0 Å². The number of aliphatic hydroxyl groups excluding tert-OH is 1. The first-order valence-corrected chi connectivity index (χ1v) is 6.81. The molecule has 1 N–H and O–H groups in total. The molecule has 0 saturated carbocycles. The highest BCUT2D eigenvalue weighted by Crippen LogP contribution is 2.21. The first-order chi connectivity index (χ1) is 6.95. The molecule has 0 radical (unpaired) electrons. The quantitative estimate of drug-likeness (QED) is 0.882. The first kappa shape index (κ1) is 12.5. The molecular weight excluding hydrogens is 236 g/mol. The van der Waals surface area contributed by atoms with Crippen LogP contribution in [0.15, 0.2) is 23.1 Å². The molecule has 0 fully saturated rings. The molecule has 15 heavy (non-hydrogen) atoms. The SMILES string of the molecule is CS(=O)(=O)c1ccc(Cl)cc1CCCO. The van der Waals surface area contributed by atoms with E-state index in [-0.39, 0.29) is 6.61 Å². The number of aryl methyl sites for hydroxylation is 1. The fraction of sp³-hybridized carbons (Fsp3) is 0.400. The van der Waals surface area contributed by atoms with Gasteiger partial charge in [-0.2, -0.15) is 0 Å². The fourth-order valence-electron chi connectivity index (χ4n) is 1.37. The lowest BCUT2D eigenvalue weighted by atomic mass is 10.1. The van der Waals surface area contributed by atoms with Crippen molar-refractivity contribution in [1.29, 1.82) is 0 Å². The predicted molar refractivity (Wildman–Crippen MR) is 60.0 cm³/mol. The van der Waals surface area contributed by atoms with E-state index in [4.69, 9.17) is 16.7 Å². The first-order valence-electron chi connectivity index (χ1n) is 4.54. The molecule has 0 heterocycles. The molecule has 0 bridgehead atoms. The van der Waals surface area contributed by atoms with Crippen LogP contribution in [0.2, 0.25) is 5.02 Å². The Bertz CT molecular complexity index is 440. The van der Waals surface area contributed by atoms with Gasteiger partial charge >= 0.3 is 0 Å². The van der Waals surface area contributed by atoms with Gasteiger partial charge in [0.1, 0.15) is 0 Å². The summed E-state index contributed by atoms with van der Waals surface area (Å²) in [4.78, 5) is 0.292. The van der Waals surface area contributed by atoms with Crippen molar-refractivity contribution in [2.45, 2.75) is 17.7 Å². The van der Waals surface area contributed by atoms with Crippen molar-refractivity contribution in [1.82, 2.24) is 0 Å². The second kappa shape index (κ2) is 4.96. The molecule has 0 amide bonds. The van der Waals surface area contributed by atoms with E-state index in [2.05, 4.69) is 0 Å². The van der Waals surface area contributed by atoms with E-state index in [0.717, 1.165) is 0 Å². The van der Waals surface area contributed by atoms with E-state index in [1.807, 2.05) is 0 Å². The number of halogens is 1. The van der Waals surface area contributed by atoms with Crippen LogP contribution in [-0.2, 0) is 16.3 Å². The Morgan fingerprint density at radius 2 is 2.07 bits per heavy atom. The van der Waals surface area contributed by atoms with Crippen molar-refractivity contribution >= 4 is 21.4 Å². The van der Waals surface area contributed by atoms with Gasteiger partial charge in [0.25, 0.3) is 0 Å². The molecule has 3 nitrogen and oxygen atoms in total. The van der Waals surface area contributed by atoms with Crippen LogP contribution in [0.3, 0.4) is 0 Å². The van der Waals surface area contributed by atoms with Crippen molar-refractivity contribution in [3.63, 3.8) is 0 Å². The molecular formula is C10H13ClO3S. The average molecular weight is 249 g/mol. The smallest absolute Gasteiger partial charge is 0.175 e. The van der Waals surface area contributed by atoms with Gasteiger partial charge in [-0.1, -0.05) is 11.6 Å². The lowest BCUT2D eigenvalue weighted by Crippen LogP contribution is -2.03. The van der Waals surface area contributed by atoms with Gasteiger partial charge in [-0.25, -0.2) is 8.42 Å². The third-order valence-corrected chi connectivity index (χ3v) is 3.46. The highest BCUT2D eigenvalue weighted by Gasteiger charge is 2.12. The molecule has 5 heteroatoms. The summed E-state index contributed by atoms with van der Waals surface area (Å²) < 4.78 is 22.8. The molecule has 0 spiro atoms. The zero-order valence-electron chi connectivity index (χ0n) is 8.40. The molecule has 84 valence electrons. The summed E-state index contributed by atoms with van der Waals surface area (Å²) in [5.74, 6) is 0. The zero-order valence-corrected chi connectivity index (χ0v) is 9.98. The molecule has 0 atom stereocenters. The zero-order chi connectivity index (χ0) is 11.5. The van der Waals surface area contributed by atoms with Gasteiger partial charge in [0, 0.05) is 17.9 Å². The predicted octanol–water partition coefficient (Wildman–Crippen LogP) is 1.67. The summed E-state index contributed by atoms with van der Waals surface area (Å²) in [5, 5.41) is 9.22. The lowest BCUT2D eigenvalue weighted by Gasteiger charge is -2.07. The van der Waals surface area contributed by atoms with Crippen LogP contribution in [0.5, 0.6) is 0 Å². The minimum atomic E-state index is -3.22. The second-order valence-electron chi connectivity index (χ2n) is 3.35. The molecule has 0 aliphatic carbocycles. The van der Waals surface area contributed by atoms with Crippen molar-refractivity contribution in [2.75, 3.05) is 12.9 Å². The molecule has 0 aliphatic heterocycles. The number of aliphatic hydroxyl groups is 1. The molecule has 1 aromatic rings. The fourth-order valence-corrected chi connectivity index (χ4v) is 2.52. The lowest BCUT2D eigenvalue weighted by molar-refractivity contribution is 0.288. The Balaban J connectivity index is 3.15. The van der Waals surface area contributed by atoms with Crippen LogP contribution in [0, 0.1) is 0 Å². The number of hydrogen-bond donors (Lipinski definition) is 1. The van der Waals surface area contributed by atoms with Gasteiger partial charge in [-0.3, -0.25) is 0 Å². The minimum Gasteiger partial charge on any atom is -0.396 e. The van der Waals surface area contributed by atoms with E-state index in [1.54, 1.807) is 12.1 Å². The minimum absolute atomic E-state index is 0.0374. The average Bonchev–Trinajstić information content (AvgIpc) is 2.12. The van der Waals surface area contributed by atoms with Gasteiger partial charge in [-0.05, 0) is 36.6 Å². The van der Waals surface area contributed by atoms with Gasteiger partial charge < -0.3 is 5.11 Å².